The van der Waals surface area contributed by atoms with E-state index >= 15 is 0 Å². The summed E-state index contributed by atoms with van der Waals surface area (Å²) in [6.45, 7) is 2.12. The highest BCUT2D eigenvalue weighted by Crippen LogP contribution is 2.14. The van der Waals surface area contributed by atoms with Gasteiger partial charge < -0.3 is 5.73 Å². The SMILES string of the molecule is Cc1ccc(CCCc2ccccc2N)cc1. The molecule has 0 fully saturated rings. The molecule has 2 N–H and O–H groups in total. The first kappa shape index (κ1) is 11.7. The number of benzene rings is 2. The Morgan fingerprint density at radius 1 is 0.882 bits per heavy atom. The smallest absolute Gasteiger partial charge is 0.0346 e. The first-order chi connectivity index (χ1) is 8.25. The van der Waals surface area contributed by atoms with Crippen molar-refractivity contribution in [3.05, 3.63) is 65.2 Å². The second kappa shape index (κ2) is 5.53. The number of anilines is 1. The van der Waals surface area contributed by atoms with Crippen molar-refractivity contribution in [3.8, 4) is 0 Å². The molecule has 1 heteroatoms. The highest BCUT2D eigenvalue weighted by atomic mass is 14.6. The summed E-state index contributed by atoms with van der Waals surface area (Å²) in [6.07, 6.45) is 3.33. The number of rotatable bonds is 4. The zero-order chi connectivity index (χ0) is 12.1. The molecule has 0 saturated heterocycles. The Balaban J connectivity index is 1.88. The van der Waals surface area contributed by atoms with E-state index in [1.54, 1.807) is 0 Å². The fourth-order valence-corrected chi connectivity index (χ4v) is 2.00. The van der Waals surface area contributed by atoms with Crippen molar-refractivity contribution in [3.63, 3.8) is 0 Å². The molecule has 0 radical (unpaired) electrons. The van der Waals surface area contributed by atoms with E-state index in [0.717, 1.165) is 24.9 Å². The molecule has 0 spiro atoms. The molecule has 0 saturated carbocycles. The first-order valence-corrected chi connectivity index (χ1v) is 6.14. The van der Waals surface area contributed by atoms with Crippen LogP contribution in [0, 0.1) is 6.92 Å². The summed E-state index contributed by atoms with van der Waals surface area (Å²) >= 11 is 0. The van der Waals surface area contributed by atoms with Crippen molar-refractivity contribution in [2.45, 2.75) is 26.2 Å². The average molecular weight is 225 g/mol. The Bertz CT molecular complexity index is 471. The number of aryl methyl sites for hydroxylation is 3. The molecular formula is C16H19N. The Labute approximate surface area is 103 Å². The number of hydrogen-bond donors (Lipinski definition) is 1. The van der Waals surface area contributed by atoms with Gasteiger partial charge in [0.05, 0.1) is 0 Å². The topological polar surface area (TPSA) is 26.0 Å². The lowest BCUT2D eigenvalue weighted by Crippen LogP contribution is -1.95. The van der Waals surface area contributed by atoms with Crippen LogP contribution in [0.1, 0.15) is 23.1 Å². The minimum atomic E-state index is 0.913. The summed E-state index contributed by atoms with van der Waals surface area (Å²) in [5.41, 5.74) is 10.8. The van der Waals surface area contributed by atoms with E-state index < -0.39 is 0 Å². The second-order valence-electron chi connectivity index (χ2n) is 4.54. The monoisotopic (exact) mass is 225 g/mol. The summed E-state index contributed by atoms with van der Waals surface area (Å²) < 4.78 is 0. The van der Waals surface area contributed by atoms with E-state index in [4.69, 9.17) is 5.73 Å². The van der Waals surface area contributed by atoms with Gasteiger partial charge in [0, 0.05) is 5.69 Å². The maximum absolute atomic E-state index is 5.92. The van der Waals surface area contributed by atoms with Gasteiger partial charge in [-0.05, 0) is 43.4 Å². The van der Waals surface area contributed by atoms with Crippen LogP contribution in [0.3, 0.4) is 0 Å². The summed E-state index contributed by atoms with van der Waals surface area (Å²) in [6, 6.07) is 16.9. The third kappa shape index (κ3) is 3.35. The van der Waals surface area contributed by atoms with E-state index in [1.807, 2.05) is 12.1 Å². The van der Waals surface area contributed by atoms with Gasteiger partial charge in [0.15, 0.2) is 0 Å². The molecule has 2 rings (SSSR count). The van der Waals surface area contributed by atoms with Crippen molar-refractivity contribution in [2.75, 3.05) is 5.73 Å². The van der Waals surface area contributed by atoms with Gasteiger partial charge in [-0.25, -0.2) is 0 Å². The van der Waals surface area contributed by atoms with E-state index in [0.29, 0.717) is 0 Å². The molecule has 0 atom stereocenters. The highest BCUT2D eigenvalue weighted by molar-refractivity contribution is 5.46. The highest BCUT2D eigenvalue weighted by Gasteiger charge is 1.98. The van der Waals surface area contributed by atoms with Crippen LogP contribution in [0.2, 0.25) is 0 Å². The fourth-order valence-electron chi connectivity index (χ4n) is 2.00. The van der Waals surface area contributed by atoms with Crippen molar-refractivity contribution < 1.29 is 0 Å². The maximum Gasteiger partial charge on any atom is 0.0346 e. The molecule has 88 valence electrons. The lowest BCUT2D eigenvalue weighted by molar-refractivity contribution is 0.822. The number of para-hydroxylation sites is 1. The third-order valence-electron chi connectivity index (χ3n) is 3.09. The van der Waals surface area contributed by atoms with E-state index in [9.17, 15) is 0 Å². The van der Waals surface area contributed by atoms with Crippen LogP contribution in [-0.4, -0.2) is 0 Å². The largest absolute Gasteiger partial charge is 0.399 e. The molecule has 0 bridgehead atoms. The predicted molar refractivity (Wildman–Crippen MR) is 74.1 cm³/mol. The number of nitrogens with two attached hydrogens (primary N) is 1. The van der Waals surface area contributed by atoms with Crippen LogP contribution in [-0.2, 0) is 12.8 Å². The standard InChI is InChI=1S/C16H19N/c1-13-9-11-14(12-10-13)5-4-7-15-6-2-3-8-16(15)17/h2-3,6,8-12H,4-5,7,17H2,1H3. The van der Waals surface area contributed by atoms with Crippen LogP contribution in [0.5, 0.6) is 0 Å². The van der Waals surface area contributed by atoms with Crippen molar-refractivity contribution >= 4 is 5.69 Å². The zero-order valence-electron chi connectivity index (χ0n) is 10.3. The quantitative estimate of drug-likeness (QED) is 0.788. The molecule has 0 aliphatic carbocycles. The van der Waals surface area contributed by atoms with Gasteiger partial charge in [0.2, 0.25) is 0 Å². The van der Waals surface area contributed by atoms with Crippen molar-refractivity contribution in [2.24, 2.45) is 0 Å². The number of hydrogen-bond acceptors (Lipinski definition) is 1. The summed E-state index contributed by atoms with van der Waals surface area (Å²) in [5.74, 6) is 0. The molecular weight excluding hydrogens is 206 g/mol. The second-order valence-corrected chi connectivity index (χ2v) is 4.54. The van der Waals surface area contributed by atoms with Gasteiger partial charge in [-0.1, -0.05) is 48.0 Å². The van der Waals surface area contributed by atoms with E-state index in [1.165, 1.54) is 16.7 Å². The lowest BCUT2D eigenvalue weighted by atomic mass is 10.0. The van der Waals surface area contributed by atoms with Crippen LogP contribution >= 0.6 is 0 Å². The molecule has 0 amide bonds. The molecule has 0 aromatic heterocycles. The molecule has 2 aromatic carbocycles. The molecule has 17 heavy (non-hydrogen) atoms. The Morgan fingerprint density at radius 3 is 2.29 bits per heavy atom. The molecule has 0 aliphatic rings. The molecule has 0 heterocycles. The van der Waals surface area contributed by atoms with Gasteiger partial charge in [-0.2, -0.15) is 0 Å². The van der Waals surface area contributed by atoms with Gasteiger partial charge in [0.25, 0.3) is 0 Å². The summed E-state index contributed by atoms with van der Waals surface area (Å²) in [5, 5.41) is 0. The summed E-state index contributed by atoms with van der Waals surface area (Å²) in [4.78, 5) is 0. The molecule has 0 aliphatic heterocycles. The number of nitrogen functional groups attached to an aromatic ring is 1. The Hall–Kier alpha value is -1.76. The van der Waals surface area contributed by atoms with Gasteiger partial charge in [-0.3, -0.25) is 0 Å². The first-order valence-electron chi connectivity index (χ1n) is 6.14. The van der Waals surface area contributed by atoms with E-state index in [2.05, 4.69) is 43.3 Å². The fraction of sp³-hybridized carbons (Fsp3) is 0.250. The van der Waals surface area contributed by atoms with Gasteiger partial charge in [-0.15, -0.1) is 0 Å². The Morgan fingerprint density at radius 2 is 1.59 bits per heavy atom. The van der Waals surface area contributed by atoms with Crippen LogP contribution in [0.4, 0.5) is 5.69 Å². The zero-order valence-corrected chi connectivity index (χ0v) is 10.3. The normalized spacial score (nSPS) is 10.4. The van der Waals surface area contributed by atoms with Crippen molar-refractivity contribution in [1.29, 1.82) is 0 Å². The van der Waals surface area contributed by atoms with Gasteiger partial charge >= 0.3 is 0 Å². The van der Waals surface area contributed by atoms with E-state index in [-0.39, 0.29) is 0 Å². The van der Waals surface area contributed by atoms with Crippen LogP contribution in [0.25, 0.3) is 0 Å². The molecule has 2 aromatic rings. The Kier molecular flexibility index (Phi) is 3.81. The van der Waals surface area contributed by atoms with Crippen LogP contribution < -0.4 is 5.73 Å². The predicted octanol–water partition coefficient (Wildman–Crippen LogP) is 3.75. The van der Waals surface area contributed by atoms with Crippen molar-refractivity contribution in [1.82, 2.24) is 0 Å². The van der Waals surface area contributed by atoms with Gasteiger partial charge in [0.1, 0.15) is 0 Å². The minimum absolute atomic E-state index is 0.913. The molecule has 1 nitrogen and oxygen atoms in total. The third-order valence-corrected chi connectivity index (χ3v) is 3.09. The lowest BCUT2D eigenvalue weighted by Gasteiger charge is -2.05. The minimum Gasteiger partial charge on any atom is -0.399 e. The molecule has 0 unspecified atom stereocenters. The maximum atomic E-state index is 5.92. The summed E-state index contributed by atoms with van der Waals surface area (Å²) in [7, 11) is 0. The van der Waals surface area contributed by atoms with Crippen LogP contribution in [0.15, 0.2) is 48.5 Å². The average Bonchev–Trinajstić information content (AvgIpc) is 2.34.